The van der Waals surface area contributed by atoms with Crippen LogP contribution < -0.4 is 10.1 Å². The fourth-order valence-electron chi connectivity index (χ4n) is 1.39. The van der Waals surface area contributed by atoms with Crippen molar-refractivity contribution in [1.82, 2.24) is 5.32 Å². The largest absolute Gasteiger partial charge is 0.491 e. The van der Waals surface area contributed by atoms with Gasteiger partial charge in [-0.05, 0) is 31.2 Å². The maximum absolute atomic E-state index is 5.55. The highest BCUT2D eigenvalue weighted by molar-refractivity contribution is 5.27. The highest BCUT2D eigenvalue weighted by atomic mass is 16.5. The van der Waals surface area contributed by atoms with Crippen molar-refractivity contribution in [2.45, 2.75) is 13.0 Å². The molecular formula is C14H21NO2. The molecule has 0 aliphatic heterocycles. The van der Waals surface area contributed by atoms with Gasteiger partial charge in [0.25, 0.3) is 0 Å². The molecule has 0 radical (unpaired) electrons. The molecule has 3 nitrogen and oxygen atoms in total. The van der Waals surface area contributed by atoms with E-state index in [-0.39, 0.29) is 0 Å². The molecule has 0 spiro atoms. The SMILES string of the molecule is C=CCCOCCOc1ccc(CNC)cc1. The smallest absolute Gasteiger partial charge is 0.119 e. The molecule has 0 heterocycles. The maximum Gasteiger partial charge on any atom is 0.119 e. The van der Waals surface area contributed by atoms with Crippen molar-refractivity contribution in [2.24, 2.45) is 0 Å². The first-order chi connectivity index (χ1) is 8.36. The Morgan fingerprint density at radius 1 is 1.18 bits per heavy atom. The second kappa shape index (κ2) is 8.79. The quantitative estimate of drug-likeness (QED) is 0.526. The molecule has 1 aromatic rings. The summed E-state index contributed by atoms with van der Waals surface area (Å²) in [6.07, 6.45) is 2.74. The molecule has 0 saturated carbocycles. The summed E-state index contributed by atoms with van der Waals surface area (Å²) in [6.45, 7) is 6.43. The number of rotatable bonds is 9. The second-order valence-electron chi connectivity index (χ2n) is 3.71. The standard InChI is InChI=1S/C14H21NO2/c1-3-4-9-16-10-11-17-14-7-5-13(6-8-14)12-15-2/h3,5-8,15H,1,4,9-12H2,2H3. The number of ether oxygens (including phenoxy) is 2. The van der Waals surface area contributed by atoms with Crippen molar-refractivity contribution in [1.29, 1.82) is 0 Å². The summed E-state index contributed by atoms with van der Waals surface area (Å²) < 4.78 is 10.9. The van der Waals surface area contributed by atoms with E-state index in [1.807, 2.05) is 25.3 Å². The molecule has 94 valence electrons. The van der Waals surface area contributed by atoms with Gasteiger partial charge in [-0.3, -0.25) is 0 Å². The van der Waals surface area contributed by atoms with E-state index >= 15 is 0 Å². The van der Waals surface area contributed by atoms with Gasteiger partial charge in [-0.1, -0.05) is 18.2 Å². The van der Waals surface area contributed by atoms with Gasteiger partial charge in [-0.25, -0.2) is 0 Å². The molecule has 1 N–H and O–H groups in total. The molecule has 0 unspecified atom stereocenters. The van der Waals surface area contributed by atoms with Crippen molar-refractivity contribution < 1.29 is 9.47 Å². The second-order valence-corrected chi connectivity index (χ2v) is 3.71. The van der Waals surface area contributed by atoms with E-state index in [0.717, 1.165) is 18.7 Å². The van der Waals surface area contributed by atoms with E-state index in [4.69, 9.17) is 9.47 Å². The molecule has 0 saturated heterocycles. The number of hydrogen-bond donors (Lipinski definition) is 1. The first kappa shape index (κ1) is 13.7. The first-order valence-corrected chi connectivity index (χ1v) is 5.92. The Bertz CT molecular complexity index is 309. The minimum atomic E-state index is 0.586. The van der Waals surface area contributed by atoms with Crippen LogP contribution in [0, 0.1) is 0 Å². The van der Waals surface area contributed by atoms with Crippen LogP contribution in [-0.2, 0) is 11.3 Å². The van der Waals surface area contributed by atoms with Gasteiger partial charge in [0.1, 0.15) is 12.4 Å². The molecular weight excluding hydrogens is 214 g/mol. The average Bonchev–Trinajstić information content (AvgIpc) is 2.36. The van der Waals surface area contributed by atoms with Crippen LogP contribution in [0.15, 0.2) is 36.9 Å². The minimum absolute atomic E-state index is 0.586. The lowest BCUT2D eigenvalue weighted by Gasteiger charge is -2.07. The summed E-state index contributed by atoms with van der Waals surface area (Å²) in [5, 5.41) is 3.11. The summed E-state index contributed by atoms with van der Waals surface area (Å²) in [6, 6.07) is 8.08. The van der Waals surface area contributed by atoms with Crippen LogP contribution in [0.1, 0.15) is 12.0 Å². The van der Waals surface area contributed by atoms with E-state index in [1.165, 1.54) is 5.56 Å². The topological polar surface area (TPSA) is 30.5 Å². The highest BCUT2D eigenvalue weighted by Gasteiger charge is 1.95. The van der Waals surface area contributed by atoms with E-state index < -0.39 is 0 Å². The summed E-state index contributed by atoms with van der Waals surface area (Å²) in [5.74, 6) is 0.886. The van der Waals surface area contributed by atoms with Crippen molar-refractivity contribution in [3.63, 3.8) is 0 Å². The molecule has 0 amide bonds. The van der Waals surface area contributed by atoms with Crippen LogP contribution in [0.4, 0.5) is 0 Å². The average molecular weight is 235 g/mol. The zero-order chi connectivity index (χ0) is 12.3. The van der Waals surface area contributed by atoms with Crippen LogP contribution in [-0.4, -0.2) is 26.9 Å². The van der Waals surface area contributed by atoms with Crippen molar-refractivity contribution in [3.05, 3.63) is 42.5 Å². The molecule has 0 fully saturated rings. The fraction of sp³-hybridized carbons (Fsp3) is 0.429. The monoisotopic (exact) mass is 235 g/mol. The lowest BCUT2D eigenvalue weighted by Crippen LogP contribution is -2.07. The molecule has 1 rings (SSSR count). The van der Waals surface area contributed by atoms with Gasteiger partial charge in [-0.2, -0.15) is 0 Å². The molecule has 3 heteroatoms. The van der Waals surface area contributed by atoms with Gasteiger partial charge >= 0.3 is 0 Å². The predicted octanol–water partition coefficient (Wildman–Crippen LogP) is 2.38. The molecule has 0 atom stereocenters. The normalized spacial score (nSPS) is 10.2. The zero-order valence-corrected chi connectivity index (χ0v) is 10.4. The molecule has 17 heavy (non-hydrogen) atoms. The van der Waals surface area contributed by atoms with Crippen molar-refractivity contribution in [2.75, 3.05) is 26.9 Å². The Labute approximate surface area is 103 Å². The van der Waals surface area contributed by atoms with Crippen LogP contribution >= 0.6 is 0 Å². The Kier molecular flexibility index (Phi) is 7.11. The van der Waals surface area contributed by atoms with Crippen LogP contribution in [0.3, 0.4) is 0 Å². The molecule has 0 aliphatic rings. The number of nitrogens with one attached hydrogen (secondary N) is 1. The van der Waals surface area contributed by atoms with E-state index in [1.54, 1.807) is 0 Å². The third kappa shape index (κ3) is 6.09. The Hall–Kier alpha value is -1.32. The van der Waals surface area contributed by atoms with Gasteiger partial charge in [0.05, 0.1) is 13.2 Å². The maximum atomic E-state index is 5.55. The lowest BCUT2D eigenvalue weighted by atomic mass is 10.2. The molecule has 0 aromatic heterocycles. The highest BCUT2D eigenvalue weighted by Crippen LogP contribution is 2.11. The van der Waals surface area contributed by atoms with Crippen LogP contribution in [0.2, 0.25) is 0 Å². The van der Waals surface area contributed by atoms with E-state index in [0.29, 0.717) is 19.8 Å². The Morgan fingerprint density at radius 2 is 1.94 bits per heavy atom. The van der Waals surface area contributed by atoms with Gasteiger partial charge in [0.2, 0.25) is 0 Å². The summed E-state index contributed by atoms with van der Waals surface area (Å²) in [5.41, 5.74) is 1.25. The van der Waals surface area contributed by atoms with Gasteiger partial charge in [0, 0.05) is 6.54 Å². The summed E-state index contributed by atoms with van der Waals surface area (Å²) in [7, 11) is 1.94. The molecule has 1 aromatic carbocycles. The van der Waals surface area contributed by atoms with Gasteiger partial charge in [0.15, 0.2) is 0 Å². The first-order valence-electron chi connectivity index (χ1n) is 5.92. The number of hydrogen-bond acceptors (Lipinski definition) is 3. The molecule has 0 bridgehead atoms. The number of benzene rings is 1. The van der Waals surface area contributed by atoms with E-state index in [2.05, 4.69) is 24.0 Å². The lowest BCUT2D eigenvalue weighted by molar-refractivity contribution is 0.103. The van der Waals surface area contributed by atoms with Crippen LogP contribution in [0.25, 0.3) is 0 Å². The third-order valence-electron chi connectivity index (χ3n) is 2.27. The summed E-state index contributed by atoms with van der Waals surface area (Å²) >= 11 is 0. The van der Waals surface area contributed by atoms with Gasteiger partial charge < -0.3 is 14.8 Å². The van der Waals surface area contributed by atoms with Crippen molar-refractivity contribution >= 4 is 0 Å². The molecule has 0 aliphatic carbocycles. The predicted molar refractivity (Wildman–Crippen MR) is 70.3 cm³/mol. The van der Waals surface area contributed by atoms with Crippen molar-refractivity contribution in [3.8, 4) is 5.75 Å². The summed E-state index contributed by atoms with van der Waals surface area (Å²) in [4.78, 5) is 0. The van der Waals surface area contributed by atoms with E-state index in [9.17, 15) is 0 Å². The third-order valence-corrected chi connectivity index (χ3v) is 2.27. The fourth-order valence-corrected chi connectivity index (χ4v) is 1.39. The zero-order valence-electron chi connectivity index (χ0n) is 10.4. The minimum Gasteiger partial charge on any atom is -0.491 e. The Morgan fingerprint density at radius 3 is 2.59 bits per heavy atom. The van der Waals surface area contributed by atoms with Crippen LogP contribution in [0.5, 0.6) is 5.75 Å². The Balaban J connectivity index is 2.16. The van der Waals surface area contributed by atoms with Gasteiger partial charge in [-0.15, -0.1) is 6.58 Å².